The smallest absolute Gasteiger partial charge is 0.335 e. The standard InChI is InChI=1S/C13H10BrNO4S/c14-10-2-1-3-11(8-10)15-20(18,19)12-6-4-9(5-7-12)13(16)17/h1-8,15H,(H,16,17). The zero-order valence-electron chi connectivity index (χ0n) is 10.1. The highest BCUT2D eigenvalue weighted by molar-refractivity contribution is 9.10. The van der Waals surface area contributed by atoms with Gasteiger partial charge in [-0.15, -0.1) is 0 Å². The number of sulfonamides is 1. The minimum atomic E-state index is -3.74. The number of anilines is 1. The van der Waals surface area contributed by atoms with E-state index in [0.29, 0.717) is 5.69 Å². The SMILES string of the molecule is O=C(O)c1ccc(S(=O)(=O)Nc2cccc(Br)c2)cc1. The first-order chi connectivity index (χ1) is 9.38. The molecule has 0 bridgehead atoms. The third-order valence-corrected chi connectivity index (χ3v) is 4.38. The van der Waals surface area contributed by atoms with Gasteiger partial charge in [-0.25, -0.2) is 13.2 Å². The Bertz CT molecular complexity index is 741. The Morgan fingerprint density at radius 2 is 1.75 bits per heavy atom. The molecule has 0 unspecified atom stereocenters. The van der Waals surface area contributed by atoms with Crippen LogP contribution < -0.4 is 4.72 Å². The molecule has 0 aliphatic rings. The summed E-state index contributed by atoms with van der Waals surface area (Å²) in [5.74, 6) is -1.10. The minimum Gasteiger partial charge on any atom is -0.478 e. The molecule has 2 N–H and O–H groups in total. The van der Waals surface area contributed by atoms with Gasteiger partial charge in [0.1, 0.15) is 0 Å². The largest absolute Gasteiger partial charge is 0.478 e. The molecule has 0 radical (unpaired) electrons. The molecule has 7 heteroatoms. The Morgan fingerprint density at radius 3 is 2.30 bits per heavy atom. The van der Waals surface area contributed by atoms with Crippen molar-refractivity contribution in [2.45, 2.75) is 4.90 Å². The molecule has 20 heavy (non-hydrogen) atoms. The van der Waals surface area contributed by atoms with Crippen LogP contribution in [0.25, 0.3) is 0 Å². The van der Waals surface area contributed by atoms with E-state index in [1.165, 1.54) is 24.3 Å². The van der Waals surface area contributed by atoms with Crippen molar-refractivity contribution >= 4 is 37.6 Å². The molecule has 0 heterocycles. The van der Waals surface area contributed by atoms with Crippen LogP contribution in [0.3, 0.4) is 0 Å². The number of hydrogen-bond donors (Lipinski definition) is 2. The molecule has 0 amide bonds. The molecule has 0 aliphatic carbocycles. The first-order valence-electron chi connectivity index (χ1n) is 5.50. The molecule has 0 saturated carbocycles. The number of halogens is 1. The van der Waals surface area contributed by atoms with Gasteiger partial charge in [0.25, 0.3) is 10.0 Å². The van der Waals surface area contributed by atoms with Crippen molar-refractivity contribution in [1.82, 2.24) is 0 Å². The van der Waals surface area contributed by atoms with E-state index < -0.39 is 16.0 Å². The van der Waals surface area contributed by atoms with E-state index >= 15 is 0 Å². The second-order valence-corrected chi connectivity index (χ2v) is 6.54. The fourth-order valence-electron chi connectivity index (χ4n) is 1.54. The van der Waals surface area contributed by atoms with Crippen molar-refractivity contribution in [3.63, 3.8) is 0 Å². The Morgan fingerprint density at radius 1 is 1.10 bits per heavy atom. The third kappa shape index (κ3) is 3.37. The quantitative estimate of drug-likeness (QED) is 0.882. The van der Waals surface area contributed by atoms with Crippen molar-refractivity contribution < 1.29 is 18.3 Å². The zero-order chi connectivity index (χ0) is 14.8. The molecule has 0 fully saturated rings. The molecule has 2 aromatic carbocycles. The monoisotopic (exact) mass is 355 g/mol. The van der Waals surface area contributed by atoms with Gasteiger partial charge in [0.2, 0.25) is 0 Å². The molecular weight excluding hydrogens is 346 g/mol. The van der Waals surface area contributed by atoms with Gasteiger partial charge < -0.3 is 5.11 Å². The lowest BCUT2D eigenvalue weighted by atomic mass is 10.2. The molecule has 2 rings (SSSR count). The van der Waals surface area contributed by atoms with E-state index in [4.69, 9.17) is 5.11 Å². The number of aromatic carboxylic acids is 1. The van der Waals surface area contributed by atoms with Crippen LogP contribution >= 0.6 is 15.9 Å². The molecule has 0 aliphatic heterocycles. The van der Waals surface area contributed by atoms with E-state index in [1.54, 1.807) is 24.3 Å². The summed E-state index contributed by atoms with van der Waals surface area (Å²) in [6.45, 7) is 0. The van der Waals surface area contributed by atoms with E-state index in [0.717, 1.165) is 4.47 Å². The van der Waals surface area contributed by atoms with Gasteiger partial charge in [-0.05, 0) is 42.5 Å². The molecule has 2 aromatic rings. The van der Waals surface area contributed by atoms with Crippen LogP contribution in [0, 0.1) is 0 Å². The molecule has 0 atom stereocenters. The number of carboxylic acid groups (broad SMARTS) is 1. The van der Waals surface area contributed by atoms with E-state index in [9.17, 15) is 13.2 Å². The zero-order valence-corrected chi connectivity index (χ0v) is 12.5. The van der Waals surface area contributed by atoms with Crippen molar-refractivity contribution in [2.24, 2.45) is 0 Å². The Hall–Kier alpha value is -1.86. The summed E-state index contributed by atoms with van der Waals surface area (Å²) in [4.78, 5) is 10.7. The third-order valence-electron chi connectivity index (χ3n) is 2.49. The van der Waals surface area contributed by atoms with Crippen LogP contribution in [0.5, 0.6) is 0 Å². The number of hydrogen-bond acceptors (Lipinski definition) is 3. The number of carboxylic acids is 1. The second kappa shape index (κ2) is 5.64. The highest BCUT2D eigenvalue weighted by Crippen LogP contribution is 2.20. The van der Waals surface area contributed by atoms with Crippen molar-refractivity contribution in [3.8, 4) is 0 Å². The molecule has 104 valence electrons. The van der Waals surface area contributed by atoms with Gasteiger partial charge in [0.15, 0.2) is 0 Å². The maximum Gasteiger partial charge on any atom is 0.335 e. The van der Waals surface area contributed by atoms with Crippen LogP contribution in [0.1, 0.15) is 10.4 Å². The molecule has 5 nitrogen and oxygen atoms in total. The first-order valence-corrected chi connectivity index (χ1v) is 7.78. The van der Waals surface area contributed by atoms with Crippen LogP contribution in [0.2, 0.25) is 0 Å². The predicted octanol–water partition coefficient (Wildman–Crippen LogP) is 2.95. The van der Waals surface area contributed by atoms with E-state index in [1.807, 2.05) is 0 Å². The maximum atomic E-state index is 12.1. The van der Waals surface area contributed by atoms with Gasteiger partial charge in [0, 0.05) is 10.2 Å². The van der Waals surface area contributed by atoms with E-state index in [-0.39, 0.29) is 10.5 Å². The summed E-state index contributed by atoms with van der Waals surface area (Å²) in [6, 6.07) is 11.7. The number of nitrogens with one attached hydrogen (secondary N) is 1. The molecule has 0 aromatic heterocycles. The highest BCUT2D eigenvalue weighted by Gasteiger charge is 2.15. The van der Waals surface area contributed by atoms with Gasteiger partial charge >= 0.3 is 5.97 Å². The summed E-state index contributed by atoms with van der Waals surface area (Å²) < 4.78 is 27.4. The Balaban J connectivity index is 2.28. The summed E-state index contributed by atoms with van der Waals surface area (Å²) >= 11 is 3.25. The normalized spacial score (nSPS) is 11.1. The van der Waals surface area contributed by atoms with Crippen LogP contribution in [0.4, 0.5) is 5.69 Å². The number of benzene rings is 2. The summed E-state index contributed by atoms with van der Waals surface area (Å²) in [5.41, 5.74) is 0.452. The second-order valence-electron chi connectivity index (χ2n) is 3.95. The average molecular weight is 356 g/mol. The topological polar surface area (TPSA) is 83.5 Å². The van der Waals surface area contributed by atoms with Crippen molar-refractivity contribution in [2.75, 3.05) is 4.72 Å². The maximum absolute atomic E-state index is 12.1. The van der Waals surface area contributed by atoms with Crippen LogP contribution in [-0.4, -0.2) is 19.5 Å². The summed E-state index contributed by atoms with van der Waals surface area (Å²) in [6.07, 6.45) is 0. The van der Waals surface area contributed by atoms with Gasteiger partial charge in [-0.3, -0.25) is 4.72 Å². The van der Waals surface area contributed by atoms with Gasteiger partial charge in [0.05, 0.1) is 10.5 Å². The lowest BCUT2D eigenvalue weighted by Gasteiger charge is -2.08. The first kappa shape index (κ1) is 14.5. The Labute approximate surface area is 124 Å². The van der Waals surface area contributed by atoms with Gasteiger partial charge in [-0.2, -0.15) is 0 Å². The summed E-state index contributed by atoms with van der Waals surface area (Å²) in [7, 11) is -3.74. The van der Waals surface area contributed by atoms with Gasteiger partial charge in [-0.1, -0.05) is 22.0 Å². The summed E-state index contributed by atoms with van der Waals surface area (Å²) in [5, 5.41) is 8.77. The fraction of sp³-hybridized carbons (Fsp3) is 0. The highest BCUT2D eigenvalue weighted by atomic mass is 79.9. The lowest BCUT2D eigenvalue weighted by Crippen LogP contribution is -2.13. The predicted molar refractivity (Wildman–Crippen MR) is 78.4 cm³/mol. The minimum absolute atomic E-state index is 0.00229. The van der Waals surface area contributed by atoms with Crippen molar-refractivity contribution in [1.29, 1.82) is 0 Å². The Kier molecular flexibility index (Phi) is 4.10. The van der Waals surface area contributed by atoms with E-state index in [2.05, 4.69) is 20.7 Å². The van der Waals surface area contributed by atoms with Crippen LogP contribution in [-0.2, 0) is 10.0 Å². The van der Waals surface area contributed by atoms with Crippen LogP contribution in [0.15, 0.2) is 57.9 Å². The number of rotatable bonds is 4. The average Bonchev–Trinajstić information content (AvgIpc) is 2.38. The molecule has 0 spiro atoms. The lowest BCUT2D eigenvalue weighted by molar-refractivity contribution is 0.0697. The number of carbonyl (C=O) groups is 1. The van der Waals surface area contributed by atoms with Crippen molar-refractivity contribution in [3.05, 3.63) is 58.6 Å². The molecule has 0 saturated heterocycles. The fourth-order valence-corrected chi connectivity index (χ4v) is 2.99. The molecular formula is C13H10BrNO4S.